The van der Waals surface area contributed by atoms with Crippen molar-refractivity contribution in [2.24, 2.45) is 11.8 Å². The number of nitrogens with one attached hydrogen (secondary N) is 1. The third kappa shape index (κ3) is 4.25. The van der Waals surface area contributed by atoms with Gasteiger partial charge in [0.15, 0.2) is 5.82 Å². The molecule has 2 unspecified atom stereocenters. The van der Waals surface area contributed by atoms with Crippen molar-refractivity contribution in [3.05, 3.63) is 22.8 Å². The monoisotopic (exact) mass is 279 g/mol. The number of ether oxygens (including phenoxy) is 1. The van der Waals surface area contributed by atoms with Gasteiger partial charge in [0.1, 0.15) is 6.10 Å². The minimum atomic E-state index is -0.0313. The van der Waals surface area contributed by atoms with E-state index in [9.17, 15) is 0 Å². The van der Waals surface area contributed by atoms with Gasteiger partial charge in [-0.2, -0.15) is 0 Å². The van der Waals surface area contributed by atoms with Gasteiger partial charge in [0.25, 0.3) is 0 Å². The molecule has 0 aliphatic rings. The van der Waals surface area contributed by atoms with Crippen LogP contribution in [0.4, 0.5) is 0 Å². The lowest BCUT2D eigenvalue weighted by Gasteiger charge is -2.21. The topological polar surface area (TPSA) is 47.0 Å². The number of hydrogen-bond acceptors (Lipinski definition) is 4. The Hall–Kier alpha value is -1.00. The molecule has 0 fully saturated rings. The molecule has 1 aromatic rings. The molecule has 0 saturated carbocycles. The highest BCUT2D eigenvalue weighted by Crippen LogP contribution is 2.24. The summed E-state index contributed by atoms with van der Waals surface area (Å²) in [6.45, 7) is 11.7. The van der Waals surface area contributed by atoms with Crippen LogP contribution < -0.4 is 5.32 Å². The molecule has 0 bridgehead atoms. The van der Waals surface area contributed by atoms with Gasteiger partial charge in [0.05, 0.1) is 0 Å². The van der Waals surface area contributed by atoms with Crippen LogP contribution in [0.5, 0.6) is 0 Å². The van der Waals surface area contributed by atoms with Crippen molar-refractivity contribution in [1.82, 2.24) is 15.3 Å². The molecule has 0 aliphatic heterocycles. The first-order valence-electron chi connectivity index (χ1n) is 7.42. The number of rotatable bonds is 7. The SMILES string of the molecule is CNCC(C)Cc1c(C)nc(C(OC)C(C)C)nc1C. The molecule has 0 aromatic carbocycles. The van der Waals surface area contributed by atoms with E-state index in [1.165, 1.54) is 5.56 Å². The Morgan fingerprint density at radius 1 is 1.10 bits per heavy atom. The summed E-state index contributed by atoms with van der Waals surface area (Å²) < 4.78 is 5.53. The van der Waals surface area contributed by atoms with Crippen LogP contribution in [-0.4, -0.2) is 30.7 Å². The second-order valence-electron chi connectivity index (χ2n) is 6.00. The molecule has 1 heterocycles. The fraction of sp³-hybridized carbons (Fsp3) is 0.750. The van der Waals surface area contributed by atoms with Crippen LogP contribution in [0, 0.1) is 25.7 Å². The summed E-state index contributed by atoms with van der Waals surface area (Å²) in [5.41, 5.74) is 3.44. The molecule has 0 radical (unpaired) electrons. The minimum absolute atomic E-state index is 0.0313. The van der Waals surface area contributed by atoms with Crippen molar-refractivity contribution in [3.63, 3.8) is 0 Å². The molecular weight excluding hydrogens is 250 g/mol. The van der Waals surface area contributed by atoms with Gasteiger partial charge in [0, 0.05) is 18.5 Å². The summed E-state index contributed by atoms with van der Waals surface area (Å²) in [5.74, 6) is 1.76. The molecular formula is C16H29N3O. The fourth-order valence-corrected chi connectivity index (χ4v) is 2.63. The van der Waals surface area contributed by atoms with E-state index in [4.69, 9.17) is 4.74 Å². The molecule has 0 saturated heterocycles. The Bertz CT molecular complexity index is 409. The van der Waals surface area contributed by atoms with Crippen molar-refractivity contribution in [2.75, 3.05) is 20.7 Å². The largest absolute Gasteiger partial charge is 0.373 e. The molecule has 0 spiro atoms. The Labute approximate surface area is 123 Å². The maximum atomic E-state index is 5.53. The van der Waals surface area contributed by atoms with E-state index < -0.39 is 0 Å². The van der Waals surface area contributed by atoms with E-state index in [0.29, 0.717) is 11.8 Å². The first-order chi connectivity index (χ1) is 9.40. The molecule has 4 heteroatoms. The summed E-state index contributed by atoms with van der Waals surface area (Å²) in [6.07, 6.45) is 0.981. The third-order valence-corrected chi connectivity index (χ3v) is 3.66. The second kappa shape index (κ2) is 7.70. The lowest BCUT2D eigenvalue weighted by molar-refractivity contribution is 0.0571. The van der Waals surface area contributed by atoms with E-state index in [1.807, 2.05) is 7.05 Å². The number of aromatic nitrogens is 2. The van der Waals surface area contributed by atoms with Crippen molar-refractivity contribution < 1.29 is 4.74 Å². The van der Waals surface area contributed by atoms with Crippen molar-refractivity contribution >= 4 is 0 Å². The average molecular weight is 279 g/mol. The Morgan fingerprint density at radius 3 is 2.05 bits per heavy atom. The zero-order chi connectivity index (χ0) is 15.3. The van der Waals surface area contributed by atoms with Crippen LogP contribution in [0.2, 0.25) is 0 Å². The number of hydrogen-bond donors (Lipinski definition) is 1. The van der Waals surface area contributed by atoms with Gasteiger partial charge >= 0.3 is 0 Å². The van der Waals surface area contributed by atoms with Gasteiger partial charge in [-0.15, -0.1) is 0 Å². The summed E-state index contributed by atoms with van der Waals surface area (Å²) in [4.78, 5) is 9.37. The fourth-order valence-electron chi connectivity index (χ4n) is 2.63. The van der Waals surface area contributed by atoms with Crippen LogP contribution in [-0.2, 0) is 11.2 Å². The highest BCUT2D eigenvalue weighted by molar-refractivity contribution is 5.25. The molecule has 2 atom stereocenters. The van der Waals surface area contributed by atoms with Gasteiger partial charge in [-0.05, 0) is 51.3 Å². The standard InChI is InChI=1S/C16H29N3O/c1-10(2)15(20-7)16-18-12(4)14(13(5)19-16)8-11(3)9-17-6/h10-11,15,17H,8-9H2,1-7H3. The smallest absolute Gasteiger partial charge is 0.157 e. The highest BCUT2D eigenvalue weighted by atomic mass is 16.5. The number of nitrogens with zero attached hydrogens (tertiary/aromatic N) is 2. The van der Waals surface area contributed by atoms with Gasteiger partial charge < -0.3 is 10.1 Å². The molecule has 20 heavy (non-hydrogen) atoms. The second-order valence-corrected chi connectivity index (χ2v) is 6.00. The predicted molar refractivity (Wildman–Crippen MR) is 82.9 cm³/mol. The van der Waals surface area contributed by atoms with Gasteiger partial charge in [0.2, 0.25) is 0 Å². The lowest BCUT2D eigenvalue weighted by Crippen LogP contribution is -2.20. The zero-order valence-corrected chi connectivity index (χ0v) is 13.9. The van der Waals surface area contributed by atoms with Gasteiger partial charge in [-0.3, -0.25) is 0 Å². The van der Waals surface area contributed by atoms with Crippen LogP contribution >= 0.6 is 0 Å². The minimum Gasteiger partial charge on any atom is -0.373 e. The van der Waals surface area contributed by atoms with Crippen LogP contribution in [0.3, 0.4) is 0 Å². The number of methoxy groups -OCH3 is 1. The summed E-state index contributed by atoms with van der Waals surface area (Å²) in [5, 5.41) is 3.22. The molecule has 4 nitrogen and oxygen atoms in total. The highest BCUT2D eigenvalue weighted by Gasteiger charge is 2.20. The quantitative estimate of drug-likeness (QED) is 0.833. The average Bonchev–Trinajstić information content (AvgIpc) is 2.34. The van der Waals surface area contributed by atoms with Crippen molar-refractivity contribution in [2.45, 2.75) is 47.1 Å². The van der Waals surface area contributed by atoms with E-state index >= 15 is 0 Å². The molecule has 1 rings (SSSR count). The van der Waals surface area contributed by atoms with Gasteiger partial charge in [-0.25, -0.2) is 9.97 Å². The van der Waals surface area contributed by atoms with E-state index in [-0.39, 0.29) is 6.10 Å². The Balaban J connectivity index is 3.02. The Morgan fingerprint density at radius 2 is 1.65 bits per heavy atom. The lowest BCUT2D eigenvalue weighted by atomic mass is 9.98. The van der Waals surface area contributed by atoms with E-state index in [0.717, 1.165) is 30.2 Å². The first-order valence-corrected chi connectivity index (χ1v) is 7.42. The number of aryl methyl sites for hydroxylation is 2. The molecule has 114 valence electrons. The van der Waals surface area contributed by atoms with E-state index in [1.54, 1.807) is 7.11 Å². The van der Waals surface area contributed by atoms with E-state index in [2.05, 4.69) is 49.9 Å². The summed E-state index contributed by atoms with van der Waals surface area (Å²) in [7, 11) is 3.71. The van der Waals surface area contributed by atoms with Crippen LogP contribution in [0.1, 0.15) is 49.7 Å². The normalized spacial score (nSPS) is 14.6. The molecule has 1 aromatic heterocycles. The van der Waals surface area contributed by atoms with Crippen LogP contribution in [0.15, 0.2) is 0 Å². The molecule has 0 amide bonds. The van der Waals surface area contributed by atoms with Gasteiger partial charge in [-0.1, -0.05) is 20.8 Å². The van der Waals surface area contributed by atoms with Crippen molar-refractivity contribution in [3.8, 4) is 0 Å². The summed E-state index contributed by atoms with van der Waals surface area (Å²) >= 11 is 0. The molecule has 0 aliphatic carbocycles. The zero-order valence-electron chi connectivity index (χ0n) is 13.9. The predicted octanol–water partition coefficient (Wildman–Crippen LogP) is 2.83. The van der Waals surface area contributed by atoms with Crippen molar-refractivity contribution in [1.29, 1.82) is 0 Å². The maximum Gasteiger partial charge on any atom is 0.157 e. The van der Waals surface area contributed by atoms with Crippen LogP contribution in [0.25, 0.3) is 0 Å². The molecule has 1 N–H and O–H groups in total. The Kier molecular flexibility index (Phi) is 6.56. The maximum absolute atomic E-state index is 5.53. The summed E-state index contributed by atoms with van der Waals surface area (Å²) in [6, 6.07) is 0. The first kappa shape index (κ1) is 17.1. The third-order valence-electron chi connectivity index (χ3n) is 3.66.